The SMILES string of the molecule is O=Cc1ccc(/C=C2\C=Cc3ccccc32)cc1. The third-order valence-electron chi connectivity index (χ3n) is 3.11. The summed E-state index contributed by atoms with van der Waals surface area (Å²) in [4.78, 5) is 10.6. The van der Waals surface area contributed by atoms with E-state index in [1.807, 2.05) is 30.3 Å². The molecule has 0 atom stereocenters. The number of benzene rings is 2. The van der Waals surface area contributed by atoms with E-state index in [0.717, 1.165) is 11.8 Å². The van der Waals surface area contributed by atoms with Crippen LogP contribution in [0.3, 0.4) is 0 Å². The maximum Gasteiger partial charge on any atom is 0.150 e. The minimum atomic E-state index is 0.708. The number of aldehydes is 1. The van der Waals surface area contributed by atoms with Gasteiger partial charge in [0, 0.05) is 5.56 Å². The van der Waals surface area contributed by atoms with Gasteiger partial charge in [0.2, 0.25) is 0 Å². The fourth-order valence-electron chi connectivity index (χ4n) is 2.15. The Morgan fingerprint density at radius 1 is 0.778 bits per heavy atom. The summed E-state index contributed by atoms with van der Waals surface area (Å²) in [5.74, 6) is 0. The van der Waals surface area contributed by atoms with Gasteiger partial charge in [0.15, 0.2) is 0 Å². The van der Waals surface area contributed by atoms with Gasteiger partial charge >= 0.3 is 0 Å². The molecule has 1 aliphatic carbocycles. The molecule has 0 heterocycles. The average molecular weight is 232 g/mol. The Morgan fingerprint density at radius 2 is 1.50 bits per heavy atom. The molecular formula is C17H12O. The van der Waals surface area contributed by atoms with Gasteiger partial charge in [0.25, 0.3) is 0 Å². The van der Waals surface area contributed by atoms with Gasteiger partial charge in [-0.05, 0) is 28.3 Å². The van der Waals surface area contributed by atoms with Crippen LogP contribution in [0.1, 0.15) is 27.0 Å². The molecule has 0 bridgehead atoms. The van der Waals surface area contributed by atoms with Crippen LogP contribution in [-0.4, -0.2) is 6.29 Å². The second kappa shape index (κ2) is 4.46. The third kappa shape index (κ3) is 1.91. The van der Waals surface area contributed by atoms with Crippen molar-refractivity contribution in [2.24, 2.45) is 0 Å². The van der Waals surface area contributed by atoms with Gasteiger partial charge in [-0.1, -0.05) is 60.7 Å². The molecule has 0 aliphatic heterocycles. The molecule has 0 radical (unpaired) electrons. The van der Waals surface area contributed by atoms with Crippen LogP contribution >= 0.6 is 0 Å². The van der Waals surface area contributed by atoms with E-state index >= 15 is 0 Å². The number of rotatable bonds is 2. The lowest BCUT2D eigenvalue weighted by Gasteiger charge is -2.01. The summed E-state index contributed by atoms with van der Waals surface area (Å²) in [6.45, 7) is 0. The summed E-state index contributed by atoms with van der Waals surface area (Å²) in [5.41, 5.74) is 5.55. The lowest BCUT2D eigenvalue weighted by molar-refractivity contribution is 0.112. The Morgan fingerprint density at radius 3 is 2.28 bits per heavy atom. The van der Waals surface area contributed by atoms with Crippen molar-refractivity contribution in [3.8, 4) is 0 Å². The first-order valence-corrected chi connectivity index (χ1v) is 5.91. The molecule has 1 heteroatoms. The molecule has 3 rings (SSSR count). The number of carbonyl (C=O) groups excluding carboxylic acids is 1. The van der Waals surface area contributed by atoms with Crippen molar-refractivity contribution in [2.75, 3.05) is 0 Å². The second-order valence-electron chi connectivity index (χ2n) is 4.30. The zero-order chi connectivity index (χ0) is 12.4. The zero-order valence-electron chi connectivity index (χ0n) is 9.84. The first kappa shape index (κ1) is 10.7. The number of carbonyl (C=O) groups is 1. The van der Waals surface area contributed by atoms with Gasteiger partial charge in [-0.25, -0.2) is 0 Å². The van der Waals surface area contributed by atoms with E-state index in [0.29, 0.717) is 5.56 Å². The summed E-state index contributed by atoms with van der Waals surface area (Å²) >= 11 is 0. The highest BCUT2D eigenvalue weighted by Crippen LogP contribution is 2.30. The first-order chi connectivity index (χ1) is 8.86. The molecule has 0 saturated heterocycles. The first-order valence-electron chi connectivity index (χ1n) is 5.91. The van der Waals surface area contributed by atoms with Crippen molar-refractivity contribution < 1.29 is 4.79 Å². The average Bonchev–Trinajstić information content (AvgIpc) is 2.83. The van der Waals surface area contributed by atoms with Crippen LogP contribution in [0, 0.1) is 0 Å². The van der Waals surface area contributed by atoms with Gasteiger partial charge in [-0.2, -0.15) is 0 Å². The second-order valence-corrected chi connectivity index (χ2v) is 4.30. The molecule has 0 saturated carbocycles. The molecule has 0 fully saturated rings. The normalized spacial score (nSPS) is 14.8. The minimum absolute atomic E-state index is 0.708. The van der Waals surface area contributed by atoms with Crippen molar-refractivity contribution in [1.82, 2.24) is 0 Å². The van der Waals surface area contributed by atoms with Crippen molar-refractivity contribution in [2.45, 2.75) is 0 Å². The number of hydrogen-bond donors (Lipinski definition) is 0. The van der Waals surface area contributed by atoms with E-state index in [4.69, 9.17) is 0 Å². The largest absolute Gasteiger partial charge is 0.298 e. The molecule has 0 unspecified atom stereocenters. The fraction of sp³-hybridized carbons (Fsp3) is 0. The quantitative estimate of drug-likeness (QED) is 0.713. The Labute approximate surface area is 106 Å². The topological polar surface area (TPSA) is 17.1 Å². The molecule has 2 aromatic rings. The summed E-state index contributed by atoms with van der Waals surface area (Å²) in [6.07, 6.45) is 7.25. The van der Waals surface area contributed by atoms with Crippen molar-refractivity contribution in [1.29, 1.82) is 0 Å². The molecule has 0 amide bonds. The number of fused-ring (bicyclic) bond motifs is 1. The maximum absolute atomic E-state index is 10.6. The fourth-order valence-corrected chi connectivity index (χ4v) is 2.15. The van der Waals surface area contributed by atoms with E-state index in [2.05, 4.69) is 36.4 Å². The minimum Gasteiger partial charge on any atom is -0.298 e. The van der Waals surface area contributed by atoms with E-state index in [-0.39, 0.29) is 0 Å². The van der Waals surface area contributed by atoms with Crippen molar-refractivity contribution >= 4 is 24.0 Å². The smallest absolute Gasteiger partial charge is 0.150 e. The van der Waals surface area contributed by atoms with Gasteiger partial charge in [-0.15, -0.1) is 0 Å². The van der Waals surface area contributed by atoms with Gasteiger partial charge in [-0.3, -0.25) is 4.79 Å². The number of allylic oxidation sites excluding steroid dienone is 2. The molecule has 86 valence electrons. The zero-order valence-corrected chi connectivity index (χ0v) is 9.84. The van der Waals surface area contributed by atoms with Crippen molar-refractivity contribution in [3.05, 3.63) is 76.9 Å². The van der Waals surface area contributed by atoms with Crippen LogP contribution in [-0.2, 0) is 0 Å². The highest BCUT2D eigenvalue weighted by molar-refractivity contribution is 5.97. The molecule has 0 aromatic heterocycles. The molecule has 1 aliphatic rings. The lowest BCUT2D eigenvalue weighted by Crippen LogP contribution is -1.82. The number of hydrogen-bond acceptors (Lipinski definition) is 1. The molecule has 0 N–H and O–H groups in total. The van der Waals surface area contributed by atoms with Crippen LogP contribution in [0.5, 0.6) is 0 Å². The monoisotopic (exact) mass is 232 g/mol. The third-order valence-corrected chi connectivity index (χ3v) is 3.11. The van der Waals surface area contributed by atoms with Crippen LogP contribution in [0.25, 0.3) is 17.7 Å². The van der Waals surface area contributed by atoms with Gasteiger partial charge in [0.05, 0.1) is 0 Å². The Bertz CT molecular complexity index is 646. The highest BCUT2D eigenvalue weighted by Gasteiger charge is 2.08. The summed E-state index contributed by atoms with van der Waals surface area (Å²) in [7, 11) is 0. The molecule has 18 heavy (non-hydrogen) atoms. The lowest BCUT2D eigenvalue weighted by atomic mass is 10.0. The van der Waals surface area contributed by atoms with Crippen molar-refractivity contribution in [3.63, 3.8) is 0 Å². The standard InChI is InChI=1S/C17H12O/c18-12-14-7-5-13(6-8-14)11-16-10-9-15-3-1-2-4-17(15)16/h1-12H/b16-11+. The van der Waals surface area contributed by atoms with Crippen LogP contribution in [0.2, 0.25) is 0 Å². The highest BCUT2D eigenvalue weighted by atomic mass is 16.1. The van der Waals surface area contributed by atoms with E-state index in [1.54, 1.807) is 0 Å². The summed E-state index contributed by atoms with van der Waals surface area (Å²) < 4.78 is 0. The van der Waals surface area contributed by atoms with Crippen LogP contribution < -0.4 is 0 Å². The molecule has 1 nitrogen and oxygen atoms in total. The Kier molecular flexibility index (Phi) is 2.66. The van der Waals surface area contributed by atoms with E-state index < -0.39 is 0 Å². The van der Waals surface area contributed by atoms with Gasteiger partial charge < -0.3 is 0 Å². The van der Waals surface area contributed by atoms with Gasteiger partial charge in [0.1, 0.15) is 6.29 Å². The predicted octanol–water partition coefficient (Wildman–Crippen LogP) is 4.07. The molecule has 0 spiro atoms. The summed E-state index contributed by atoms with van der Waals surface area (Å²) in [6, 6.07) is 15.9. The van der Waals surface area contributed by atoms with Crippen LogP contribution in [0.4, 0.5) is 0 Å². The van der Waals surface area contributed by atoms with Crippen LogP contribution in [0.15, 0.2) is 54.6 Å². The predicted molar refractivity (Wildman–Crippen MR) is 75.2 cm³/mol. The Hall–Kier alpha value is -2.41. The van der Waals surface area contributed by atoms with E-state index in [1.165, 1.54) is 16.7 Å². The maximum atomic E-state index is 10.6. The Balaban J connectivity index is 1.98. The molecular weight excluding hydrogens is 220 g/mol. The summed E-state index contributed by atoms with van der Waals surface area (Å²) in [5, 5.41) is 0. The van der Waals surface area contributed by atoms with E-state index in [9.17, 15) is 4.79 Å². The molecule has 2 aromatic carbocycles.